The summed E-state index contributed by atoms with van der Waals surface area (Å²) >= 11 is 1.41. The molecule has 1 aromatic carbocycles. The molecule has 0 aliphatic carbocycles. The number of tetrazole rings is 1. The molecule has 0 radical (unpaired) electrons. The van der Waals surface area contributed by atoms with Gasteiger partial charge in [-0.3, -0.25) is 0 Å². The van der Waals surface area contributed by atoms with Crippen molar-refractivity contribution < 1.29 is 13.9 Å². The van der Waals surface area contributed by atoms with Crippen molar-refractivity contribution in [1.29, 1.82) is 0 Å². The monoisotopic (exact) mass is 330 g/mol. The summed E-state index contributed by atoms with van der Waals surface area (Å²) in [5.41, 5.74) is 2.75. The molecule has 0 spiro atoms. The van der Waals surface area contributed by atoms with Crippen molar-refractivity contribution in [2.24, 2.45) is 0 Å². The van der Waals surface area contributed by atoms with Crippen LogP contribution < -0.4 is 0 Å². The summed E-state index contributed by atoms with van der Waals surface area (Å²) in [6, 6.07) is 9.63. The fourth-order valence-electron chi connectivity index (χ4n) is 2.05. The standard InChI is InChI=1S/C15H14N4O3S/c1-10-4-3-5-12(8-10)19-15(16-17-18-19)23-9-11-6-7-22-13(11)14(20)21-2/h3-8H,9H2,1-2H3. The van der Waals surface area contributed by atoms with E-state index in [0.717, 1.165) is 16.8 Å². The van der Waals surface area contributed by atoms with Gasteiger partial charge >= 0.3 is 5.97 Å². The van der Waals surface area contributed by atoms with Crippen LogP contribution in [0.3, 0.4) is 0 Å². The topological polar surface area (TPSA) is 83.0 Å². The highest BCUT2D eigenvalue weighted by molar-refractivity contribution is 7.98. The summed E-state index contributed by atoms with van der Waals surface area (Å²) in [5, 5.41) is 12.4. The molecule has 23 heavy (non-hydrogen) atoms. The lowest BCUT2D eigenvalue weighted by Crippen LogP contribution is -2.03. The van der Waals surface area contributed by atoms with Crippen LogP contribution in [0.5, 0.6) is 0 Å². The Labute approximate surface area is 136 Å². The van der Waals surface area contributed by atoms with Crippen LogP contribution >= 0.6 is 11.8 Å². The van der Waals surface area contributed by atoms with Gasteiger partial charge in [0.25, 0.3) is 0 Å². The first kappa shape index (κ1) is 15.3. The van der Waals surface area contributed by atoms with E-state index < -0.39 is 5.97 Å². The Hall–Kier alpha value is -2.61. The van der Waals surface area contributed by atoms with E-state index in [4.69, 9.17) is 9.15 Å². The number of carbonyl (C=O) groups is 1. The fraction of sp³-hybridized carbons (Fsp3) is 0.200. The van der Waals surface area contributed by atoms with Crippen LogP contribution in [0.15, 0.2) is 46.2 Å². The van der Waals surface area contributed by atoms with Crippen molar-refractivity contribution in [3.8, 4) is 5.69 Å². The molecule has 0 bridgehead atoms. The SMILES string of the molecule is COC(=O)c1occc1CSc1nnnn1-c1cccc(C)c1. The summed E-state index contributed by atoms with van der Waals surface area (Å²) in [4.78, 5) is 11.6. The molecule has 3 aromatic rings. The number of hydrogen-bond acceptors (Lipinski definition) is 7. The molecule has 2 heterocycles. The van der Waals surface area contributed by atoms with Crippen LogP contribution in [-0.2, 0) is 10.5 Å². The van der Waals surface area contributed by atoms with Crippen LogP contribution in [0.2, 0.25) is 0 Å². The lowest BCUT2D eigenvalue weighted by atomic mass is 10.2. The van der Waals surface area contributed by atoms with Gasteiger partial charge < -0.3 is 9.15 Å². The molecular formula is C15H14N4O3S. The first-order chi connectivity index (χ1) is 11.2. The Morgan fingerprint density at radius 1 is 1.39 bits per heavy atom. The number of hydrogen-bond donors (Lipinski definition) is 0. The van der Waals surface area contributed by atoms with Crippen LogP contribution in [0.1, 0.15) is 21.7 Å². The number of nitrogens with zero attached hydrogens (tertiary/aromatic N) is 4. The van der Waals surface area contributed by atoms with E-state index in [0.29, 0.717) is 10.9 Å². The molecule has 7 nitrogen and oxygen atoms in total. The maximum absolute atomic E-state index is 11.6. The van der Waals surface area contributed by atoms with E-state index in [2.05, 4.69) is 15.5 Å². The third-order valence-corrected chi connectivity index (χ3v) is 4.13. The van der Waals surface area contributed by atoms with Gasteiger partial charge in [-0.15, -0.1) is 5.10 Å². The van der Waals surface area contributed by atoms with Crippen molar-refractivity contribution >= 4 is 17.7 Å². The normalized spacial score (nSPS) is 10.7. The number of carbonyl (C=O) groups excluding carboxylic acids is 1. The molecule has 0 atom stereocenters. The molecule has 118 valence electrons. The second-order valence-corrected chi connectivity index (χ2v) is 5.71. The minimum absolute atomic E-state index is 0.203. The smallest absolute Gasteiger partial charge is 0.374 e. The third-order valence-electron chi connectivity index (χ3n) is 3.16. The van der Waals surface area contributed by atoms with Crippen molar-refractivity contribution in [1.82, 2.24) is 20.2 Å². The Morgan fingerprint density at radius 2 is 2.26 bits per heavy atom. The number of aryl methyl sites for hydroxylation is 1. The highest BCUT2D eigenvalue weighted by Crippen LogP contribution is 2.25. The maximum atomic E-state index is 11.6. The molecule has 3 rings (SSSR count). The number of furan rings is 1. The van der Waals surface area contributed by atoms with Crippen LogP contribution in [0, 0.1) is 6.92 Å². The van der Waals surface area contributed by atoms with Gasteiger partial charge in [0.15, 0.2) is 0 Å². The van der Waals surface area contributed by atoms with Gasteiger partial charge in [0, 0.05) is 11.3 Å². The van der Waals surface area contributed by atoms with Crippen molar-refractivity contribution in [3.63, 3.8) is 0 Å². The van der Waals surface area contributed by atoms with Gasteiger partial charge in [-0.25, -0.2) is 4.79 Å². The van der Waals surface area contributed by atoms with Gasteiger partial charge in [-0.1, -0.05) is 23.9 Å². The zero-order valence-corrected chi connectivity index (χ0v) is 13.4. The molecule has 0 unspecified atom stereocenters. The van der Waals surface area contributed by atoms with Gasteiger partial charge in [0.2, 0.25) is 10.9 Å². The second kappa shape index (κ2) is 6.66. The first-order valence-corrected chi connectivity index (χ1v) is 7.80. The zero-order chi connectivity index (χ0) is 16.2. The number of benzene rings is 1. The summed E-state index contributed by atoms with van der Waals surface area (Å²) in [7, 11) is 1.32. The predicted octanol–water partition coefficient (Wildman–Crippen LogP) is 2.64. The minimum Gasteiger partial charge on any atom is -0.463 e. The molecule has 0 saturated carbocycles. The molecule has 0 fully saturated rings. The fourth-order valence-corrected chi connectivity index (χ4v) is 2.92. The highest BCUT2D eigenvalue weighted by Gasteiger charge is 2.17. The molecule has 0 N–H and O–H groups in total. The number of thioether (sulfide) groups is 1. The highest BCUT2D eigenvalue weighted by atomic mass is 32.2. The average Bonchev–Trinajstić information content (AvgIpc) is 3.21. The number of esters is 1. The maximum Gasteiger partial charge on any atom is 0.374 e. The van der Waals surface area contributed by atoms with Crippen LogP contribution in [0.25, 0.3) is 5.69 Å². The Balaban J connectivity index is 1.79. The van der Waals surface area contributed by atoms with Crippen molar-refractivity contribution in [2.75, 3.05) is 7.11 Å². The summed E-state index contributed by atoms with van der Waals surface area (Å²) in [5.74, 6) is 0.200. The number of methoxy groups -OCH3 is 1. The van der Waals surface area contributed by atoms with E-state index in [1.165, 1.54) is 25.1 Å². The van der Waals surface area contributed by atoms with Gasteiger partial charge in [0.1, 0.15) is 0 Å². The molecule has 0 aliphatic heterocycles. The minimum atomic E-state index is -0.496. The number of aromatic nitrogens is 4. The lowest BCUT2D eigenvalue weighted by molar-refractivity contribution is 0.0564. The molecule has 2 aromatic heterocycles. The largest absolute Gasteiger partial charge is 0.463 e. The molecule has 0 saturated heterocycles. The zero-order valence-electron chi connectivity index (χ0n) is 12.6. The molecule has 8 heteroatoms. The van der Waals surface area contributed by atoms with E-state index in [9.17, 15) is 4.79 Å². The van der Waals surface area contributed by atoms with Crippen LogP contribution in [0.4, 0.5) is 0 Å². The Kier molecular flexibility index (Phi) is 4.42. The van der Waals surface area contributed by atoms with Crippen molar-refractivity contribution in [3.05, 3.63) is 53.5 Å². The molecule has 0 amide bonds. The predicted molar refractivity (Wildman–Crippen MR) is 83.5 cm³/mol. The Bertz CT molecular complexity index is 828. The Morgan fingerprint density at radius 3 is 3.04 bits per heavy atom. The van der Waals surface area contributed by atoms with Gasteiger partial charge in [0.05, 0.1) is 19.1 Å². The van der Waals surface area contributed by atoms with Crippen molar-refractivity contribution in [2.45, 2.75) is 17.8 Å². The number of ether oxygens (including phenoxy) is 1. The third kappa shape index (κ3) is 3.26. The van der Waals surface area contributed by atoms with Gasteiger partial charge in [-0.05, 0) is 41.1 Å². The van der Waals surface area contributed by atoms with Crippen LogP contribution in [-0.4, -0.2) is 33.3 Å². The summed E-state index contributed by atoms with van der Waals surface area (Å²) in [6.45, 7) is 2.01. The summed E-state index contributed by atoms with van der Waals surface area (Å²) < 4.78 is 11.5. The summed E-state index contributed by atoms with van der Waals surface area (Å²) in [6.07, 6.45) is 1.46. The van der Waals surface area contributed by atoms with E-state index in [1.54, 1.807) is 10.7 Å². The number of rotatable bonds is 5. The molecule has 0 aliphatic rings. The van der Waals surface area contributed by atoms with E-state index >= 15 is 0 Å². The second-order valence-electron chi connectivity index (χ2n) is 4.77. The average molecular weight is 330 g/mol. The van der Waals surface area contributed by atoms with Gasteiger partial charge in [-0.2, -0.15) is 4.68 Å². The van der Waals surface area contributed by atoms with E-state index in [1.807, 2.05) is 31.2 Å². The lowest BCUT2D eigenvalue weighted by Gasteiger charge is -2.05. The molecular weight excluding hydrogens is 316 g/mol. The van der Waals surface area contributed by atoms with E-state index in [-0.39, 0.29) is 5.76 Å². The quantitative estimate of drug-likeness (QED) is 0.525. The first-order valence-electron chi connectivity index (χ1n) is 6.82.